The Morgan fingerprint density at radius 1 is 1.15 bits per heavy atom. The molecule has 6 heteroatoms. The van der Waals surface area contributed by atoms with Crippen LogP contribution in [0.5, 0.6) is 5.75 Å². The van der Waals surface area contributed by atoms with Gasteiger partial charge in [0.1, 0.15) is 5.75 Å². The highest BCUT2D eigenvalue weighted by atomic mass is 79.9. The van der Waals surface area contributed by atoms with Crippen LogP contribution in [-0.4, -0.2) is 25.0 Å². The van der Waals surface area contributed by atoms with E-state index >= 15 is 0 Å². The number of carbonyl (C=O) groups is 2. The summed E-state index contributed by atoms with van der Waals surface area (Å²) in [4.78, 5) is 24.0. The zero-order chi connectivity index (χ0) is 19.8. The van der Waals surface area contributed by atoms with Crippen molar-refractivity contribution in [3.05, 3.63) is 58.1 Å². The number of halogens is 1. The molecule has 0 saturated carbocycles. The van der Waals surface area contributed by atoms with Crippen molar-refractivity contribution >= 4 is 33.4 Å². The highest BCUT2D eigenvalue weighted by molar-refractivity contribution is 9.10. The summed E-state index contributed by atoms with van der Waals surface area (Å²) in [5.41, 5.74) is 2.74. The number of benzene rings is 2. The Morgan fingerprint density at radius 2 is 1.89 bits per heavy atom. The van der Waals surface area contributed by atoms with Gasteiger partial charge in [-0.3, -0.25) is 9.59 Å². The van der Waals surface area contributed by atoms with Crippen molar-refractivity contribution in [2.45, 2.75) is 33.1 Å². The first-order valence-corrected chi connectivity index (χ1v) is 9.74. The molecule has 0 bridgehead atoms. The second-order valence-electron chi connectivity index (χ2n) is 6.42. The van der Waals surface area contributed by atoms with E-state index in [1.54, 1.807) is 0 Å². The molecule has 2 rings (SSSR count). The second kappa shape index (κ2) is 10.1. The summed E-state index contributed by atoms with van der Waals surface area (Å²) < 4.78 is 6.60. The second-order valence-corrected chi connectivity index (χ2v) is 7.34. The number of carbonyl (C=O) groups excluding carboxylic acids is 2. The maximum absolute atomic E-state index is 12.0. The molecule has 2 aromatic rings. The molecule has 0 aliphatic carbocycles. The Hall–Kier alpha value is -2.34. The van der Waals surface area contributed by atoms with E-state index in [1.165, 1.54) is 0 Å². The molecule has 2 amide bonds. The molecule has 1 atom stereocenters. The number of rotatable bonds is 8. The van der Waals surface area contributed by atoms with E-state index in [0.717, 1.165) is 27.7 Å². The fraction of sp³-hybridized carbons (Fsp3) is 0.333. The first-order valence-electron chi connectivity index (χ1n) is 8.95. The topological polar surface area (TPSA) is 67.4 Å². The summed E-state index contributed by atoms with van der Waals surface area (Å²) in [6.45, 7) is 5.90. The number of amides is 2. The average molecular weight is 433 g/mol. The molecule has 27 heavy (non-hydrogen) atoms. The largest absolute Gasteiger partial charge is 0.483 e. The van der Waals surface area contributed by atoms with Crippen molar-refractivity contribution in [1.29, 1.82) is 0 Å². The molecule has 0 aliphatic rings. The summed E-state index contributed by atoms with van der Waals surface area (Å²) in [6, 6.07) is 13.3. The molecule has 0 radical (unpaired) electrons. The van der Waals surface area contributed by atoms with Crippen LogP contribution in [0.2, 0.25) is 0 Å². The normalized spacial score (nSPS) is 11.6. The quantitative estimate of drug-likeness (QED) is 0.649. The molecule has 0 heterocycles. The van der Waals surface area contributed by atoms with Crippen LogP contribution in [0.15, 0.2) is 46.9 Å². The fourth-order valence-corrected chi connectivity index (χ4v) is 3.05. The van der Waals surface area contributed by atoms with E-state index in [4.69, 9.17) is 4.74 Å². The third-order valence-corrected chi connectivity index (χ3v) is 4.82. The lowest BCUT2D eigenvalue weighted by atomic mass is 9.98. The fourth-order valence-electron chi connectivity index (χ4n) is 2.57. The Bertz CT molecular complexity index is 808. The van der Waals surface area contributed by atoms with Gasteiger partial charge in [0.2, 0.25) is 5.91 Å². The van der Waals surface area contributed by atoms with Gasteiger partial charge in [-0.1, -0.05) is 48.0 Å². The van der Waals surface area contributed by atoms with Gasteiger partial charge < -0.3 is 15.4 Å². The third kappa shape index (κ3) is 6.40. The van der Waals surface area contributed by atoms with Crippen molar-refractivity contribution in [3.63, 3.8) is 0 Å². The number of anilines is 1. The van der Waals surface area contributed by atoms with Crippen LogP contribution in [0.4, 0.5) is 5.69 Å². The van der Waals surface area contributed by atoms with Crippen LogP contribution in [-0.2, 0) is 9.59 Å². The molecule has 144 valence electrons. The minimum atomic E-state index is -0.336. The van der Waals surface area contributed by atoms with Gasteiger partial charge >= 0.3 is 0 Å². The first kappa shape index (κ1) is 21.0. The molecule has 2 N–H and O–H groups in total. The van der Waals surface area contributed by atoms with Crippen molar-refractivity contribution in [1.82, 2.24) is 5.32 Å². The molecule has 0 aromatic heterocycles. The van der Waals surface area contributed by atoms with E-state index < -0.39 is 0 Å². The van der Waals surface area contributed by atoms with E-state index in [1.807, 2.05) is 49.4 Å². The first-order chi connectivity index (χ1) is 12.9. The summed E-state index contributed by atoms with van der Waals surface area (Å²) >= 11 is 3.38. The SMILES string of the molecule is CC[C@@H](C)c1ccccc1OCC(=O)NCC(=O)Nc1ccc(Br)cc1C. The monoisotopic (exact) mass is 432 g/mol. The van der Waals surface area contributed by atoms with Crippen LogP contribution in [0, 0.1) is 6.92 Å². The van der Waals surface area contributed by atoms with Gasteiger partial charge in [0.25, 0.3) is 5.91 Å². The van der Waals surface area contributed by atoms with Gasteiger partial charge in [0.05, 0.1) is 6.54 Å². The van der Waals surface area contributed by atoms with Gasteiger partial charge in [-0.25, -0.2) is 0 Å². The van der Waals surface area contributed by atoms with Gasteiger partial charge in [-0.2, -0.15) is 0 Å². The number of hydrogen-bond acceptors (Lipinski definition) is 3. The van der Waals surface area contributed by atoms with Crippen LogP contribution < -0.4 is 15.4 Å². The van der Waals surface area contributed by atoms with E-state index in [2.05, 4.69) is 40.4 Å². The molecule has 2 aromatic carbocycles. The van der Waals surface area contributed by atoms with Crippen LogP contribution in [0.3, 0.4) is 0 Å². The number of nitrogens with one attached hydrogen (secondary N) is 2. The molecule has 5 nitrogen and oxygen atoms in total. The maximum atomic E-state index is 12.0. The van der Waals surface area contributed by atoms with Crippen molar-refractivity contribution in [2.24, 2.45) is 0 Å². The summed E-state index contributed by atoms with van der Waals surface area (Å²) in [6.07, 6.45) is 0.988. The minimum absolute atomic E-state index is 0.106. The number of aryl methyl sites for hydroxylation is 1. The molecule has 0 spiro atoms. The zero-order valence-electron chi connectivity index (χ0n) is 15.8. The average Bonchev–Trinajstić information content (AvgIpc) is 2.66. The zero-order valence-corrected chi connectivity index (χ0v) is 17.4. The number of hydrogen-bond donors (Lipinski definition) is 2. The highest BCUT2D eigenvalue weighted by Crippen LogP contribution is 2.28. The van der Waals surface area contributed by atoms with Gasteiger partial charge in [-0.15, -0.1) is 0 Å². The Labute approximate surface area is 168 Å². The number of para-hydroxylation sites is 1. The van der Waals surface area contributed by atoms with Crippen molar-refractivity contribution in [3.8, 4) is 5.75 Å². The molecule has 0 saturated heterocycles. The maximum Gasteiger partial charge on any atom is 0.258 e. The van der Waals surface area contributed by atoms with E-state index in [0.29, 0.717) is 11.7 Å². The van der Waals surface area contributed by atoms with Gasteiger partial charge in [-0.05, 0) is 54.7 Å². The lowest BCUT2D eigenvalue weighted by Crippen LogP contribution is -2.36. The predicted octanol–water partition coefficient (Wildman–Crippen LogP) is 4.40. The van der Waals surface area contributed by atoms with Crippen LogP contribution >= 0.6 is 15.9 Å². The highest BCUT2D eigenvalue weighted by Gasteiger charge is 2.12. The van der Waals surface area contributed by atoms with Crippen molar-refractivity contribution in [2.75, 3.05) is 18.5 Å². The predicted molar refractivity (Wildman–Crippen MR) is 111 cm³/mol. The van der Waals surface area contributed by atoms with Crippen molar-refractivity contribution < 1.29 is 14.3 Å². The van der Waals surface area contributed by atoms with Crippen LogP contribution in [0.25, 0.3) is 0 Å². The summed E-state index contributed by atoms with van der Waals surface area (Å²) in [5.74, 6) is 0.437. The van der Waals surface area contributed by atoms with E-state index in [-0.39, 0.29) is 25.0 Å². The lowest BCUT2D eigenvalue weighted by Gasteiger charge is -2.15. The Balaban J connectivity index is 1.82. The van der Waals surface area contributed by atoms with Gasteiger partial charge in [0.15, 0.2) is 6.61 Å². The minimum Gasteiger partial charge on any atom is -0.483 e. The summed E-state index contributed by atoms with van der Waals surface area (Å²) in [7, 11) is 0. The smallest absolute Gasteiger partial charge is 0.258 e. The Morgan fingerprint density at radius 3 is 2.59 bits per heavy atom. The van der Waals surface area contributed by atoms with Gasteiger partial charge in [0, 0.05) is 10.2 Å². The third-order valence-electron chi connectivity index (χ3n) is 4.33. The molecular weight excluding hydrogens is 408 g/mol. The van der Waals surface area contributed by atoms with E-state index in [9.17, 15) is 9.59 Å². The van der Waals surface area contributed by atoms with Crippen LogP contribution in [0.1, 0.15) is 37.3 Å². The standard InChI is InChI=1S/C21H25BrN2O3/c1-4-14(2)17-7-5-6-8-19(17)27-13-21(26)23-12-20(25)24-18-10-9-16(22)11-15(18)3/h5-11,14H,4,12-13H2,1-3H3,(H,23,26)(H,24,25)/t14-/m1/s1. The lowest BCUT2D eigenvalue weighted by molar-refractivity contribution is -0.125. The molecular formula is C21H25BrN2O3. The summed E-state index contributed by atoms with van der Waals surface area (Å²) in [5, 5.41) is 5.36. The Kier molecular flexibility index (Phi) is 7.85. The molecule has 0 fully saturated rings. The number of ether oxygens (including phenoxy) is 1. The molecule has 0 unspecified atom stereocenters. The molecule has 0 aliphatic heterocycles.